The Morgan fingerprint density at radius 3 is 2.68 bits per heavy atom. The topological polar surface area (TPSA) is 72.2 Å². The third kappa shape index (κ3) is 3.21. The highest BCUT2D eigenvalue weighted by Crippen LogP contribution is 2.32. The summed E-state index contributed by atoms with van der Waals surface area (Å²) in [5, 5.41) is 3.31. The van der Waals surface area contributed by atoms with Crippen LogP contribution in [0.1, 0.15) is 26.2 Å². The zero-order chi connectivity index (χ0) is 14.0. The van der Waals surface area contributed by atoms with Crippen LogP contribution in [0.3, 0.4) is 0 Å². The summed E-state index contributed by atoms with van der Waals surface area (Å²) in [5.41, 5.74) is 7.00. The molecule has 1 aliphatic carbocycles. The predicted octanol–water partition coefficient (Wildman–Crippen LogP) is 2.52. The Hall–Kier alpha value is -1.23. The molecular formula is C14H22N2O2S. The van der Waals surface area contributed by atoms with Crippen molar-refractivity contribution in [2.45, 2.75) is 31.1 Å². The molecule has 2 rings (SSSR count). The average molecular weight is 282 g/mol. The molecule has 1 saturated carbocycles. The minimum Gasteiger partial charge on any atom is -0.396 e. The number of para-hydroxylation sites is 1. The van der Waals surface area contributed by atoms with Crippen molar-refractivity contribution in [3.8, 4) is 0 Å². The molecule has 0 radical (unpaired) electrons. The van der Waals surface area contributed by atoms with Gasteiger partial charge in [0.25, 0.3) is 0 Å². The van der Waals surface area contributed by atoms with Gasteiger partial charge in [-0.15, -0.1) is 0 Å². The minimum atomic E-state index is -3.27. The SMILES string of the molecule is CC1CCCC1CNc1cccc(S(C)(=O)=O)c1N. The number of nitrogens with one attached hydrogen (secondary N) is 1. The van der Waals surface area contributed by atoms with E-state index in [1.165, 1.54) is 25.5 Å². The molecule has 1 aliphatic rings. The molecule has 0 aromatic heterocycles. The van der Waals surface area contributed by atoms with Crippen molar-refractivity contribution in [3.05, 3.63) is 18.2 Å². The number of sulfone groups is 1. The summed E-state index contributed by atoms with van der Waals surface area (Å²) in [6.07, 6.45) is 4.99. The molecule has 0 heterocycles. The van der Waals surface area contributed by atoms with E-state index >= 15 is 0 Å². The quantitative estimate of drug-likeness (QED) is 0.832. The highest BCUT2D eigenvalue weighted by Gasteiger charge is 2.23. The maximum absolute atomic E-state index is 11.6. The number of benzene rings is 1. The fourth-order valence-electron chi connectivity index (χ4n) is 2.79. The molecule has 0 aliphatic heterocycles. The predicted molar refractivity (Wildman–Crippen MR) is 79.0 cm³/mol. The molecule has 1 aromatic rings. The van der Waals surface area contributed by atoms with Gasteiger partial charge in [0.15, 0.2) is 9.84 Å². The van der Waals surface area contributed by atoms with E-state index in [-0.39, 0.29) is 4.90 Å². The summed E-state index contributed by atoms with van der Waals surface area (Å²) < 4.78 is 23.2. The molecular weight excluding hydrogens is 260 g/mol. The Morgan fingerprint density at radius 1 is 1.37 bits per heavy atom. The summed E-state index contributed by atoms with van der Waals surface area (Å²) in [5.74, 6) is 1.38. The van der Waals surface area contributed by atoms with Gasteiger partial charge < -0.3 is 11.1 Å². The number of hydrogen-bond acceptors (Lipinski definition) is 4. The van der Waals surface area contributed by atoms with Crippen molar-refractivity contribution in [1.29, 1.82) is 0 Å². The molecule has 5 heteroatoms. The van der Waals surface area contributed by atoms with E-state index in [1.807, 2.05) is 6.07 Å². The van der Waals surface area contributed by atoms with Gasteiger partial charge in [-0.2, -0.15) is 0 Å². The standard InChI is InChI=1S/C14H22N2O2S/c1-10-5-3-6-11(10)9-16-12-7-4-8-13(14(12)15)19(2,17)18/h4,7-8,10-11,16H,3,5-6,9,15H2,1-2H3. The molecule has 2 unspecified atom stereocenters. The Morgan fingerprint density at radius 2 is 2.11 bits per heavy atom. The first-order valence-corrected chi connectivity index (χ1v) is 8.61. The summed E-state index contributed by atoms with van der Waals surface area (Å²) in [6.45, 7) is 3.13. The van der Waals surface area contributed by atoms with Crippen molar-refractivity contribution in [2.75, 3.05) is 23.9 Å². The average Bonchev–Trinajstić information content (AvgIpc) is 2.72. The fraction of sp³-hybridized carbons (Fsp3) is 0.571. The summed E-state index contributed by atoms with van der Waals surface area (Å²) in [6, 6.07) is 5.12. The summed E-state index contributed by atoms with van der Waals surface area (Å²) >= 11 is 0. The summed E-state index contributed by atoms with van der Waals surface area (Å²) in [4.78, 5) is 0.206. The highest BCUT2D eigenvalue weighted by molar-refractivity contribution is 7.90. The Kier molecular flexibility index (Phi) is 4.04. The maximum atomic E-state index is 11.6. The lowest BCUT2D eigenvalue weighted by molar-refractivity contribution is 0.440. The van der Waals surface area contributed by atoms with Crippen molar-refractivity contribution >= 4 is 21.2 Å². The molecule has 0 saturated heterocycles. The second kappa shape index (κ2) is 5.41. The second-order valence-corrected chi connectivity index (χ2v) is 7.52. The largest absolute Gasteiger partial charge is 0.396 e. The van der Waals surface area contributed by atoms with E-state index in [0.29, 0.717) is 11.6 Å². The van der Waals surface area contributed by atoms with Crippen molar-refractivity contribution in [3.63, 3.8) is 0 Å². The van der Waals surface area contributed by atoms with Gasteiger partial charge in [0.2, 0.25) is 0 Å². The Bertz CT molecular complexity index is 555. The van der Waals surface area contributed by atoms with Gasteiger partial charge in [0.1, 0.15) is 0 Å². The van der Waals surface area contributed by atoms with Crippen LogP contribution in [0.15, 0.2) is 23.1 Å². The smallest absolute Gasteiger partial charge is 0.177 e. The first kappa shape index (κ1) is 14.2. The first-order chi connectivity index (χ1) is 8.89. The monoisotopic (exact) mass is 282 g/mol. The molecule has 3 N–H and O–H groups in total. The van der Waals surface area contributed by atoms with Crippen LogP contribution in [-0.4, -0.2) is 21.2 Å². The van der Waals surface area contributed by atoms with E-state index in [9.17, 15) is 8.42 Å². The lowest BCUT2D eigenvalue weighted by Gasteiger charge is -2.18. The normalized spacial score (nSPS) is 23.5. The second-order valence-electron chi connectivity index (χ2n) is 5.54. The van der Waals surface area contributed by atoms with Gasteiger partial charge in [-0.3, -0.25) is 0 Å². The van der Waals surface area contributed by atoms with Crippen LogP contribution in [0.25, 0.3) is 0 Å². The van der Waals surface area contributed by atoms with Crippen LogP contribution >= 0.6 is 0 Å². The first-order valence-electron chi connectivity index (χ1n) is 6.72. The third-order valence-corrected chi connectivity index (χ3v) is 5.21. The zero-order valence-corrected chi connectivity index (χ0v) is 12.3. The van der Waals surface area contributed by atoms with E-state index < -0.39 is 9.84 Å². The number of hydrogen-bond donors (Lipinski definition) is 2. The van der Waals surface area contributed by atoms with Gasteiger partial charge in [-0.25, -0.2) is 8.42 Å². The lowest BCUT2D eigenvalue weighted by Crippen LogP contribution is -2.17. The van der Waals surface area contributed by atoms with Crippen LogP contribution in [0, 0.1) is 11.8 Å². The number of nitrogen functional groups attached to an aromatic ring is 1. The van der Waals surface area contributed by atoms with Gasteiger partial charge in [0.05, 0.1) is 16.3 Å². The maximum Gasteiger partial charge on any atom is 0.177 e. The van der Waals surface area contributed by atoms with E-state index in [2.05, 4.69) is 12.2 Å². The number of anilines is 2. The third-order valence-electron chi connectivity index (χ3n) is 4.06. The Balaban J connectivity index is 2.13. The van der Waals surface area contributed by atoms with Crippen LogP contribution < -0.4 is 11.1 Å². The molecule has 0 bridgehead atoms. The van der Waals surface area contributed by atoms with Gasteiger partial charge >= 0.3 is 0 Å². The van der Waals surface area contributed by atoms with Gasteiger partial charge in [0, 0.05) is 12.8 Å². The highest BCUT2D eigenvalue weighted by atomic mass is 32.2. The fourth-order valence-corrected chi connectivity index (χ4v) is 3.62. The van der Waals surface area contributed by atoms with Crippen LogP contribution in [0.2, 0.25) is 0 Å². The molecule has 1 aromatic carbocycles. The van der Waals surface area contributed by atoms with Gasteiger partial charge in [-0.05, 0) is 30.4 Å². The van der Waals surface area contributed by atoms with Crippen molar-refractivity contribution in [2.24, 2.45) is 11.8 Å². The van der Waals surface area contributed by atoms with Crippen LogP contribution in [-0.2, 0) is 9.84 Å². The van der Waals surface area contributed by atoms with Crippen molar-refractivity contribution < 1.29 is 8.42 Å². The summed E-state index contributed by atoms with van der Waals surface area (Å²) in [7, 11) is -3.27. The lowest BCUT2D eigenvalue weighted by atomic mass is 9.98. The van der Waals surface area contributed by atoms with Crippen LogP contribution in [0.5, 0.6) is 0 Å². The molecule has 1 fully saturated rings. The van der Waals surface area contributed by atoms with Crippen molar-refractivity contribution in [1.82, 2.24) is 0 Å². The van der Waals surface area contributed by atoms with E-state index in [4.69, 9.17) is 5.73 Å². The molecule has 4 nitrogen and oxygen atoms in total. The zero-order valence-electron chi connectivity index (χ0n) is 11.5. The Labute approximate surface area is 115 Å². The molecule has 0 spiro atoms. The molecule has 106 valence electrons. The molecule has 19 heavy (non-hydrogen) atoms. The van der Waals surface area contributed by atoms with Crippen LogP contribution in [0.4, 0.5) is 11.4 Å². The number of nitrogens with two attached hydrogens (primary N) is 1. The van der Waals surface area contributed by atoms with E-state index in [0.717, 1.165) is 18.2 Å². The number of rotatable bonds is 4. The van der Waals surface area contributed by atoms with E-state index in [1.54, 1.807) is 12.1 Å². The minimum absolute atomic E-state index is 0.206. The molecule has 0 amide bonds. The van der Waals surface area contributed by atoms with Gasteiger partial charge in [-0.1, -0.05) is 25.8 Å². The molecule has 2 atom stereocenters.